The number of nitrogens with zero attached hydrogens (tertiary/aromatic N) is 1. The predicted molar refractivity (Wildman–Crippen MR) is 318 cm³/mol. The molecule has 3 atom stereocenters. The van der Waals surface area contributed by atoms with Gasteiger partial charge in [-0.3, -0.25) is 18.6 Å². The summed E-state index contributed by atoms with van der Waals surface area (Å²) in [4.78, 5) is 37.6. The molecule has 9 nitrogen and oxygen atoms in total. The molecule has 0 spiro atoms. The highest BCUT2D eigenvalue weighted by Gasteiger charge is 2.30. The Morgan fingerprint density at radius 3 is 1.30 bits per heavy atom. The average Bonchev–Trinajstić information content (AvgIpc) is 3.36. The minimum absolute atomic E-state index is 0.0259. The number of hydrogen-bond acceptors (Lipinski definition) is 6. The maximum Gasteiger partial charge on any atom is 0.472 e. The first kappa shape index (κ1) is 71.5. The van der Waals surface area contributed by atoms with Crippen molar-refractivity contribution in [3.8, 4) is 0 Å². The van der Waals surface area contributed by atoms with Gasteiger partial charge in [0, 0.05) is 12.8 Å². The number of likely N-dealkylation sites (N-methyl/N-ethyl adjacent to an activating group) is 1. The molecule has 1 amide bonds. The van der Waals surface area contributed by atoms with Gasteiger partial charge < -0.3 is 19.4 Å². The molecular weight excluding hydrogens is 940 g/mol. The van der Waals surface area contributed by atoms with E-state index in [9.17, 15) is 19.0 Å². The molecule has 0 aliphatic rings. The number of nitrogens with one attached hydrogen (secondary N) is 1. The maximum atomic E-state index is 13.5. The van der Waals surface area contributed by atoms with Crippen LogP contribution in [-0.2, 0) is 27.9 Å². The first-order chi connectivity index (χ1) is 35.9. The number of amides is 1. The second kappa shape index (κ2) is 53.8. The molecule has 0 bridgehead atoms. The quantitative estimate of drug-likeness (QED) is 0.0205. The van der Waals surface area contributed by atoms with Gasteiger partial charge in [0.2, 0.25) is 5.91 Å². The van der Waals surface area contributed by atoms with Gasteiger partial charge in [0.05, 0.1) is 33.8 Å². The Kier molecular flexibility index (Phi) is 52.0. The smallest absolute Gasteiger partial charge is 0.456 e. The minimum atomic E-state index is -4.47. The van der Waals surface area contributed by atoms with E-state index < -0.39 is 20.0 Å². The van der Waals surface area contributed by atoms with Crippen molar-refractivity contribution in [1.29, 1.82) is 0 Å². The van der Waals surface area contributed by atoms with Crippen molar-refractivity contribution in [1.82, 2.24) is 5.32 Å². The highest BCUT2D eigenvalue weighted by molar-refractivity contribution is 7.47. The van der Waals surface area contributed by atoms with Crippen LogP contribution in [-0.4, -0.2) is 74.3 Å². The largest absolute Gasteiger partial charge is 0.472 e. The van der Waals surface area contributed by atoms with Crippen molar-refractivity contribution in [2.24, 2.45) is 0 Å². The summed E-state index contributed by atoms with van der Waals surface area (Å²) >= 11 is 0. The summed E-state index contributed by atoms with van der Waals surface area (Å²) in [5.74, 6) is -0.597. The molecule has 0 aromatic heterocycles. The zero-order valence-corrected chi connectivity index (χ0v) is 50.0. The lowest BCUT2D eigenvalue weighted by Crippen LogP contribution is -2.47. The topological polar surface area (TPSA) is 111 Å². The van der Waals surface area contributed by atoms with E-state index in [0.717, 1.165) is 70.6 Å². The number of phosphoric ester groups is 1. The van der Waals surface area contributed by atoms with Gasteiger partial charge in [-0.1, -0.05) is 267 Å². The zero-order valence-electron chi connectivity index (χ0n) is 49.1. The number of unbranched alkanes of at least 4 members (excludes halogenated alkanes) is 29. The first-order valence-electron chi connectivity index (χ1n) is 30.8. The zero-order chi connectivity index (χ0) is 54.3. The number of rotatable bonds is 55. The van der Waals surface area contributed by atoms with Crippen LogP contribution in [0.25, 0.3) is 0 Å². The molecule has 0 aliphatic carbocycles. The average molecular weight is 1060 g/mol. The summed E-state index contributed by atoms with van der Waals surface area (Å²) in [5, 5.41) is 3.00. The van der Waals surface area contributed by atoms with Crippen LogP contribution in [0.4, 0.5) is 0 Å². The predicted octanol–water partition coefficient (Wildman–Crippen LogP) is 18.8. The van der Waals surface area contributed by atoms with Gasteiger partial charge >= 0.3 is 13.8 Å². The summed E-state index contributed by atoms with van der Waals surface area (Å²) in [6, 6.07) is -0.888. The minimum Gasteiger partial charge on any atom is -0.456 e. The van der Waals surface area contributed by atoms with Crippen LogP contribution < -0.4 is 5.32 Å². The van der Waals surface area contributed by atoms with E-state index >= 15 is 0 Å². The molecule has 74 heavy (non-hydrogen) atoms. The molecule has 0 fully saturated rings. The third-order valence-corrected chi connectivity index (χ3v) is 14.4. The number of carbonyl (C=O) groups is 2. The summed E-state index contributed by atoms with van der Waals surface area (Å²) in [6.45, 7) is 6.85. The Morgan fingerprint density at radius 1 is 0.486 bits per heavy atom. The van der Waals surface area contributed by atoms with Gasteiger partial charge in [-0.15, -0.1) is 0 Å². The molecule has 0 rings (SSSR count). The molecule has 0 radical (unpaired) electrons. The SMILES string of the molecule is CC/C=C/C/C=C/C/C=C/C/C=C/C/C=C/CCC(=O)NC(COP(=O)(O)OCC[N+](C)(C)C)C(/C=C/CCCCCCCCCCC)OC(=O)CCCCCCCCCCCCCCCCCCCCCCC. The molecule has 0 heterocycles. The fourth-order valence-electron chi connectivity index (χ4n) is 8.69. The summed E-state index contributed by atoms with van der Waals surface area (Å²) in [7, 11) is 1.45. The molecule has 0 aromatic rings. The van der Waals surface area contributed by atoms with Crippen LogP contribution in [0.3, 0.4) is 0 Å². The number of esters is 1. The summed E-state index contributed by atoms with van der Waals surface area (Å²) in [6.07, 6.45) is 69.3. The molecule has 2 N–H and O–H groups in total. The number of phosphoric acid groups is 1. The number of ether oxygens (including phenoxy) is 1. The molecule has 0 aromatic carbocycles. The van der Waals surface area contributed by atoms with E-state index in [1.807, 2.05) is 39.4 Å². The fourth-order valence-corrected chi connectivity index (χ4v) is 9.43. The van der Waals surface area contributed by atoms with Gasteiger partial charge in [-0.25, -0.2) is 4.57 Å². The first-order valence-corrected chi connectivity index (χ1v) is 32.3. The molecule has 0 saturated carbocycles. The van der Waals surface area contributed by atoms with E-state index in [0.29, 0.717) is 17.4 Å². The van der Waals surface area contributed by atoms with Crippen LogP contribution in [0, 0.1) is 0 Å². The third-order valence-electron chi connectivity index (χ3n) is 13.4. The maximum absolute atomic E-state index is 13.5. The van der Waals surface area contributed by atoms with Crippen LogP contribution in [0.15, 0.2) is 72.9 Å². The van der Waals surface area contributed by atoms with Gasteiger partial charge in [0.25, 0.3) is 0 Å². The number of quaternary nitrogens is 1. The number of carbonyl (C=O) groups excluding carboxylic acids is 2. The Bertz CT molecular complexity index is 1500. The van der Waals surface area contributed by atoms with Gasteiger partial charge in [0.1, 0.15) is 19.3 Å². The van der Waals surface area contributed by atoms with Gasteiger partial charge in [-0.05, 0) is 63.9 Å². The molecule has 430 valence electrons. The van der Waals surface area contributed by atoms with Crippen molar-refractivity contribution in [2.75, 3.05) is 40.9 Å². The van der Waals surface area contributed by atoms with E-state index in [1.165, 1.54) is 161 Å². The Balaban J connectivity index is 5.26. The Morgan fingerprint density at radius 2 is 0.878 bits per heavy atom. The summed E-state index contributed by atoms with van der Waals surface area (Å²) < 4.78 is 30.6. The highest BCUT2D eigenvalue weighted by atomic mass is 31.2. The van der Waals surface area contributed by atoms with Crippen molar-refractivity contribution < 1.29 is 37.3 Å². The van der Waals surface area contributed by atoms with Crippen molar-refractivity contribution >= 4 is 19.7 Å². The molecule has 3 unspecified atom stereocenters. The molecular formula is C64H118N2O7P+. The lowest BCUT2D eigenvalue weighted by molar-refractivity contribution is -0.870. The Labute approximate surface area is 457 Å². The second-order valence-electron chi connectivity index (χ2n) is 21.9. The molecule has 0 saturated heterocycles. The van der Waals surface area contributed by atoms with Crippen molar-refractivity contribution in [3.63, 3.8) is 0 Å². The Hall–Kier alpha value is -2.55. The normalized spacial score (nSPS) is 14.2. The number of hydrogen-bond donors (Lipinski definition) is 2. The lowest BCUT2D eigenvalue weighted by atomic mass is 10.0. The highest BCUT2D eigenvalue weighted by Crippen LogP contribution is 2.43. The fraction of sp³-hybridized carbons (Fsp3) is 0.781. The standard InChI is InChI=1S/C64H117N2O7P/c1-7-10-13-16-19-22-25-27-29-31-32-33-34-35-37-39-42-45-48-51-54-57-64(68)73-62(55-52-49-46-43-40-24-21-18-15-12-9-3)61(60-72-74(69,70)71-59-58-66(4,5)6)65-63(67)56-53-50-47-44-41-38-36-30-28-26-23-20-17-14-11-8-2/h11,14,20,23,28,30,38,41,47,50,52,55,61-62H,7-10,12-13,15-19,21-22,24-27,29,31-37,39-40,42-46,48-49,51,53-54,56-60H2,1-6H3,(H-,65,67,69,70)/p+1/b14-11+,23-20+,30-28+,41-38+,50-47+,55-52+. The molecule has 10 heteroatoms. The monoisotopic (exact) mass is 1060 g/mol. The van der Waals surface area contributed by atoms with Crippen LogP contribution in [0.2, 0.25) is 0 Å². The number of allylic oxidation sites excluding steroid dienone is 11. The van der Waals surface area contributed by atoms with E-state index in [-0.39, 0.29) is 37.9 Å². The van der Waals surface area contributed by atoms with Gasteiger partial charge in [-0.2, -0.15) is 0 Å². The molecule has 0 aliphatic heterocycles. The van der Waals surface area contributed by atoms with Crippen molar-refractivity contribution in [3.05, 3.63) is 72.9 Å². The third kappa shape index (κ3) is 54.2. The van der Waals surface area contributed by atoms with Crippen molar-refractivity contribution in [2.45, 2.75) is 283 Å². The van der Waals surface area contributed by atoms with Gasteiger partial charge in [0.15, 0.2) is 0 Å². The second-order valence-corrected chi connectivity index (χ2v) is 23.3. The van der Waals surface area contributed by atoms with E-state index in [2.05, 4.69) is 80.8 Å². The lowest BCUT2D eigenvalue weighted by Gasteiger charge is -2.27. The van der Waals surface area contributed by atoms with E-state index in [4.69, 9.17) is 13.8 Å². The van der Waals surface area contributed by atoms with Crippen LogP contribution in [0.5, 0.6) is 0 Å². The van der Waals surface area contributed by atoms with Crippen LogP contribution in [0.1, 0.15) is 271 Å². The van der Waals surface area contributed by atoms with Crippen LogP contribution >= 0.6 is 7.82 Å². The summed E-state index contributed by atoms with van der Waals surface area (Å²) in [5.41, 5.74) is 0. The van der Waals surface area contributed by atoms with E-state index in [1.54, 1.807) is 0 Å².